The van der Waals surface area contributed by atoms with Crippen LogP contribution in [0, 0.1) is 5.92 Å². The topological polar surface area (TPSA) is 71.1 Å². The van der Waals surface area contributed by atoms with Crippen LogP contribution in [0.5, 0.6) is 0 Å². The zero-order valence-electron chi connectivity index (χ0n) is 14.3. The monoisotopic (exact) mass is 345 g/mol. The van der Waals surface area contributed by atoms with E-state index in [9.17, 15) is 9.59 Å². The first-order valence-corrected chi connectivity index (χ1v) is 8.91. The van der Waals surface area contributed by atoms with E-state index in [-0.39, 0.29) is 11.8 Å². The van der Waals surface area contributed by atoms with E-state index in [0.29, 0.717) is 18.9 Å². The van der Waals surface area contributed by atoms with Crippen molar-refractivity contribution in [2.24, 2.45) is 5.92 Å². The fourth-order valence-electron chi connectivity index (χ4n) is 2.24. The minimum absolute atomic E-state index is 0.0850. The molecule has 2 aromatic rings. The van der Waals surface area contributed by atoms with Gasteiger partial charge in [-0.05, 0) is 18.1 Å². The van der Waals surface area contributed by atoms with Gasteiger partial charge in [-0.2, -0.15) is 0 Å². The van der Waals surface area contributed by atoms with Crippen molar-refractivity contribution in [1.82, 2.24) is 10.3 Å². The Morgan fingerprint density at radius 2 is 1.92 bits per heavy atom. The first-order chi connectivity index (χ1) is 11.4. The van der Waals surface area contributed by atoms with Crippen LogP contribution >= 0.6 is 11.3 Å². The van der Waals surface area contributed by atoms with Gasteiger partial charge in [0.05, 0.1) is 10.7 Å². The molecular weight excluding hydrogens is 322 g/mol. The second-order valence-electron chi connectivity index (χ2n) is 6.08. The van der Waals surface area contributed by atoms with Gasteiger partial charge < -0.3 is 10.6 Å². The highest BCUT2D eigenvalue weighted by Crippen LogP contribution is 2.23. The van der Waals surface area contributed by atoms with Crippen LogP contribution in [0.1, 0.15) is 32.2 Å². The quantitative estimate of drug-likeness (QED) is 0.807. The molecule has 0 aliphatic carbocycles. The molecule has 5 nitrogen and oxygen atoms in total. The molecule has 2 N–H and O–H groups in total. The Hall–Kier alpha value is -2.21. The van der Waals surface area contributed by atoms with E-state index in [1.807, 2.05) is 43.5 Å². The molecule has 0 bridgehead atoms. The maximum atomic E-state index is 11.6. The number of nitrogens with one attached hydrogen (secondary N) is 2. The Balaban J connectivity index is 1.88. The van der Waals surface area contributed by atoms with Crippen LogP contribution < -0.4 is 10.6 Å². The highest BCUT2D eigenvalue weighted by atomic mass is 32.1. The van der Waals surface area contributed by atoms with Gasteiger partial charge in [-0.25, -0.2) is 4.98 Å². The summed E-state index contributed by atoms with van der Waals surface area (Å²) >= 11 is 1.59. The zero-order chi connectivity index (χ0) is 17.5. The summed E-state index contributed by atoms with van der Waals surface area (Å²) < 4.78 is 0. The van der Waals surface area contributed by atoms with Crippen LogP contribution in [-0.2, 0) is 16.0 Å². The van der Waals surface area contributed by atoms with Gasteiger partial charge in [0.15, 0.2) is 0 Å². The first-order valence-electron chi connectivity index (χ1n) is 8.03. The van der Waals surface area contributed by atoms with Crippen molar-refractivity contribution in [3.05, 3.63) is 34.7 Å². The summed E-state index contributed by atoms with van der Waals surface area (Å²) in [6.45, 7) is 6.16. The Bertz CT molecular complexity index is 693. The SMILES string of the molecule is CC(=O)Nc1ccc(-c2csc(CCNC(=O)CC(C)C)n2)cc1. The molecule has 2 amide bonds. The Kier molecular flexibility index (Phi) is 6.49. The molecule has 0 aliphatic rings. The molecule has 0 radical (unpaired) electrons. The summed E-state index contributed by atoms with van der Waals surface area (Å²) in [6.07, 6.45) is 1.29. The van der Waals surface area contributed by atoms with E-state index >= 15 is 0 Å². The average molecular weight is 345 g/mol. The van der Waals surface area contributed by atoms with Gasteiger partial charge in [0, 0.05) is 42.9 Å². The van der Waals surface area contributed by atoms with Gasteiger partial charge in [0.25, 0.3) is 0 Å². The summed E-state index contributed by atoms with van der Waals surface area (Å²) in [4.78, 5) is 27.3. The number of thiazole rings is 1. The maximum absolute atomic E-state index is 11.6. The lowest BCUT2D eigenvalue weighted by Gasteiger charge is -2.05. The number of carbonyl (C=O) groups excluding carboxylic acids is 2. The lowest BCUT2D eigenvalue weighted by Crippen LogP contribution is -2.26. The van der Waals surface area contributed by atoms with Crippen LogP contribution in [0.15, 0.2) is 29.6 Å². The molecule has 24 heavy (non-hydrogen) atoms. The normalized spacial score (nSPS) is 10.7. The number of carbonyl (C=O) groups is 2. The molecule has 0 atom stereocenters. The summed E-state index contributed by atoms with van der Waals surface area (Å²) in [7, 11) is 0. The standard InChI is InChI=1S/C18H23N3O2S/c1-12(2)10-17(23)19-9-8-18-21-16(11-24-18)14-4-6-15(7-5-14)20-13(3)22/h4-7,11-12H,8-10H2,1-3H3,(H,19,23)(H,20,22). The summed E-state index contributed by atoms with van der Waals surface area (Å²) in [6, 6.07) is 7.60. The smallest absolute Gasteiger partial charge is 0.221 e. The lowest BCUT2D eigenvalue weighted by atomic mass is 10.1. The molecule has 2 rings (SSSR count). The van der Waals surface area contributed by atoms with Crippen LogP contribution in [0.4, 0.5) is 5.69 Å². The average Bonchev–Trinajstić information content (AvgIpc) is 2.95. The van der Waals surface area contributed by atoms with Crippen LogP contribution in [0.25, 0.3) is 11.3 Å². The van der Waals surface area contributed by atoms with Crippen molar-refractivity contribution in [1.29, 1.82) is 0 Å². The van der Waals surface area contributed by atoms with Crippen LogP contribution in [0.3, 0.4) is 0 Å². The van der Waals surface area contributed by atoms with Crippen molar-refractivity contribution in [3.63, 3.8) is 0 Å². The molecule has 1 aromatic carbocycles. The molecule has 1 heterocycles. The van der Waals surface area contributed by atoms with E-state index in [4.69, 9.17) is 0 Å². The highest BCUT2D eigenvalue weighted by molar-refractivity contribution is 7.09. The largest absolute Gasteiger partial charge is 0.356 e. The van der Waals surface area contributed by atoms with Crippen molar-refractivity contribution >= 4 is 28.8 Å². The molecule has 0 saturated carbocycles. The minimum Gasteiger partial charge on any atom is -0.356 e. The molecule has 128 valence electrons. The second kappa shape index (κ2) is 8.59. The predicted octanol–water partition coefficient (Wildman–Crippen LogP) is 3.47. The Morgan fingerprint density at radius 3 is 2.54 bits per heavy atom. The number of hydrogen-bond donors (Lipinski definition) is 2. The van der Waals surface area contributed by atoms with Gasteiger partial charge >= 0.3 is 0 Å². The molecule has 0 fully saturated rings. The van der Waals surface area contributed by atoms with Gasteiger partial charge in [0.2, 0.25) is 11.8 Å². The molecule has 0 unspecified atom stereocenters. The number of benzene rings is 1. The van der Waals surface area contributed by atoms with Crippen molar-refractivity contribution in [2.45, 2.75) is 33.6 Å². The van der Waals surface area contributed by atoms with E-state index in [1.165, 1.54) is 6.92 Å². The number of hydrogen-bond acceptors (Lipinski definition) is 4. The number of rotatable bonds is 7. The molecule has 1 aromatic heterocycles. The molecule has 6 heteroatoms. The predicted molar refractivity (Wildman–Crippen MR) is 98.0 cm³/mol. The van der Waals surface area contributed by atoms with Gasteiger partial charge in [0.1, 0.15) is 0 Å². The van der Waals surface area contributed by atoms with Crippen molar-refractivity contribution < 1.29 is 9.59 Å². The van der Waals surface area contributed by atoms with Crippen LogP contribution in [-0.4, -0.2) is 23.3 Å². The maximum Gasteiger partial charge on any atom is 0.221 e. The van der Waals surface area contributed by atoms with E-state index in [1.54, 1.807) is 11.3 Å². The number of amides is 2. The second-order valence-corrected chi connectivity index (χ2v) is 7.03. The summed E-state index contributed by atoms with van der Waals surface area (Å²) in [5.74, 6) is 0.380. The number of anilines is 1. The number of aromatic nitrogens is 1. The molecule has 0 saturated heterocycles. The fraction of sp³-hybridized carbons (Fsp3) is 0.389. The van der Waals surface area contributed by atoms with Crippen molar-refractivity contribution in [3.8, 4) is 11.3 Å². The molecule has 0 aliphatic heterocycles. The fourth-order valence-corrected chi connectivity index (χ4v) is 3.05. The third-order valence-corrected chi connectivity index (χ3v) is 4.22. The summed E-state index contributed by atoms with van der Waals surface area (Å²) in [5, 5.41) is 8.68. The van der Waals surface area contributed by atoms with Gasteiger partial charge in [-0.1, -0.05) is 26.0 Å². The van der Waals surface area contributed by atoms with Crippen LogP contribution in [0.2, 0.25) is 0 Å². The minimum atomic E-state index is -0.0850. The van der Waals surface area contributed by atoms with Gasteiger partial charge in [-0.3, -0.25) is 9.59 Å². The van der Waals surface area contributed by atoms with E-state index in [0.717, 1.165) is 28.4 Å². The Labute approximate surface area is 146 Å². The molecule has 0 spiro atoms. The number of nitrogens with zero attached hydrogens (tertiary/aromatic N) is 1. The van der Waals surface area contributed by atoms with Gasteiger partial charge in [-0.15, -0.1) is 11.3 Å². The zero-order valence-corrected chi connectivity index (χ0v) is 15.1. The summed E-state index contributed by atoms with van der Waals surface area (Å²) in [5.41, 5.74) is 2.70. The third kappa shape index (κ3) is 5.77. The lowest BCUT2D eigenvalue weighted by molar-refractivity contribution is -0.121. The van der Waals surface area contributed by atoms with E-state index in [2.05, 4.69) is 15.6 Å². The van der Waals surface area contributed by atoms with E-state index < -0.39 is 0 Å². The first kappa shape index (κ1) is 18.1. The highest BCUT2D eigenvalue weighted by Gasteiger charge is 2.07. The van der Waals surface area contributed by atoms with Crippen molar-refractivity contribution in [2.75, 3.05) is 11.9 Å². The molecular formula is C18H23N3O2S. The third-order valence-electron chi connectivity index (χ3n) is 3.31. The Morgan fingerprint density at radius 1 is 1.21 bits per heavy atom.